The lowest BCUT2D eigenvalue weighted by Gasteiger charge is -2.34. The van der Waals surface area contributed by atoms with Crippen LogP contribution in [0.3, 0.4) is 0 Å². The first-order valence-electron chi connectivity index (χ1n) is 8.39. The monoisotopic (exact) mass is 400 g/mol. The van der Waals surface area contributed by atoms with E-state index in [4.69, 9.17) is 4.74 Å². The Kier molecular flexibility index (Phi) is 7.23. The summed E-state index contributed by atoms with van der Waals surface area (Å²) in [5, 5.41) is 4.05. The number of ether oxygens (including phenoxy) is 1. The van der Waals surface area contributed by atoms with Gasteiger partial charge in [0.05, 0.1) is 13.2 Å². The van der Waals surface area contributed by atoms with Crippen LogP contribution < -0.4 is 0 Å². The van der Waals surface area contributed by atoms with Gasteiger partial charge >= 0.3 is 0 Å². The Labute approximate surface area is 152 Å². The molecule has 8 heteroatoms. The smallest absolute Gasteiger partial charge is 0.253 e. The molecule has 0 aliphatic carbocycles. The molecule has 2 aliphatic heterocycles. The number of halogens is 1. The van der Waals surface area contributed by atoms with Crippen molar-refractivity contribution in [1.29, 1.82) is 0 Å². The Bertz CT molecular complexity index is 529. The molecule has 2 saturated heterocycles. The van der Waals surface area contributed by atoms with E-state index in [0.717, 1.165) is 25.9 Å². The fourth-order valence-corrected chi connectivity index (χ4v) is 3.15. The lowest BCUT2D eigenvalue weighted by atomic mass is 10.2. The number of amides is 2. The third-order valence-corrected chi connectivity index (χ3v) is 4.47. The van der Waals surface area contributed by atoms with Gasteiger partial charge in [-0.1, -0.05) is 12.8 Å². The molecule has 134 valence electrons. The molecule has 0 radical (unpaired) electrons. The Morgan fingerprint density at radius 3 is 2.50 bits per heavy atom. The number of hydrogen-bond donors (Lipinski definition) is 0. The highest BCUT2D eigenvalue weighted by atomic mass is 79.9. The van der Waals surface area contributed by atoms with Gasteiger partial charge in [0.1, 0.15) is 6.54 Å². The van der Waals surface area contributed by atoms with Gasteiger partial charge in [0, 0.05) is 32.0 Å². The van der Waals surface area contributed by atoms with Crippen molar-refractivity contribution in [2.24, 2.45) is 0 Å². The van der Waals surface area contributed by atoms with E-state index >= 15 is 0 Å². The molecule has 0 aromatic carbocycles. The van der Waals surface area contributed by atoms with E-state index < -0.39 is 6.10 Å². The molecule has 3 rings (SSSR count). The molecule has 0 spiro atoms. The van der Waals surface area contributed by atoms with Crippen LogP contribution in [0.15, 0.2) is 18.5 Å². The summed E-state index contributed by atoms with van der Waals surface area (Å²) in [6.07, 6.45) is 7.37. The molecule has 0 saturated carbocycles. The number of carbonyl (C=O) groups excluding carboxylic acids is 2. The predicted octanol–water partition coefficient (Wildman–Crippen LogP) is 1.09. The van der Waals surface area contributed by atoms with Gasteiger partial charge in [0.15, 0.2) is 6.10 Å². The van der Waals surface area contributed by atoms with Crippen LogP contribution >= 0.6 is 17.0 Å². The van der Waals surface area contributed by atoms with Crippen LogP contribution in [-0.2, 0) is 20.9 Å². The van der Waals surface area contributed by atoms with Crippen LogP contribution in [-0.4, -0.2) is 70.3 Å². The standard InChI is InChI=1S/C16H24N4O3.BrH/c21-15(13-20-9-5-6-17-20)19-10-11-23-14(12-19)16(22)18-7-3-1-2-4-8-18;/h5-6,9,14H,1-4,7-8,10-13H2;1H. The molecule has 2 amide bonds. The number of nitrogens with zero attached hydrogens (tertiary/aromatic N) is 4. The maximum Gasteiger partial charge on any atom is 0.253 e. The lowest BCUT2D eigenvalue weighted by molar-refractivity contribution is -0.154. The summed E-state index contributed by atoms with van der Waals surface area (Å²) in [7, 11) is 0. The highest BCUT2D eigenvalue weighted by Crippen LogP contribution is 2.14. The van der Waals surface area contributed by atoms with Crippen molar-refractivity contribution < 1.29 is 14.3 Å². The second-order valence-corrected chi connectivity index (χ2v) is 6.14. The van der Waals surface area contributed by atoms with Crippen molar-refractivity contribution in [2.75, 3.05) is 32.8 Å². The second-order valence-electron chi connectivity index (χ2n) is 6.14. The number of hydrogen-bond acceptors (Lipinski definition) is 4. The first kappa shape index (κ1) is 18.9. The maximum atomic E-state index is 12.6. The first-order valence-corrected chi connectivity index (χ1v) is 8.39. The van der Waals surface area contributed by atoms with E-state index in [2.05, 4.69) is 5.10 Å². The highest BCUT2D eigenvalue weighted by Gasteiger charge is 2.32. The summed E-state index contributed by atoms with van der Waals surface area (Å²) in [4.78, 5) is 28.6. The number of morpholine rings is 1. The van der Waals surface area contributed by atoms with Gasteiger partial charge < -0.3 is 14.5 Å². The average Bonchev–Trinajstić information content (AvgIpc) is 2.94. The van der Waals surface area contributed by atoms with Crippen molar-refractivity contribution in [3.8, 4) is 0 Å². The zero-order valence-corrected chi connectivity index (χ0v) is 15.5. The van der Waals surface area contributed by atoms with E-state index in [1.54, 1.807) is 28.0 Å². The molecule has 0 N–H and O–H groups in total. The summed E-state index contributed by atoms with van der Waals surface area (Å²) in [6.45, 7) is 3.10. The fraction of sp³-hybridized carbons (Fsp3) is 0.688. The highest BCUT2D eigenvalue weighted by molar-refractivity contribution is 8.93. The topological polar surface area (TPSA) is 67.7 Å². The molecule has 2 fully saturated rings. The summed E-state index contributed by atoms with van der Waals surface area (Å²) in [6, 6.07) is 1.79. The Morgan fingerprint density at radius 2 is 1.83 bits per heavy atom. The Morgan fingerprint density at radius 1 is 1.08 bits per heavy atom. The van der Waals surface area contributed by atoms with Gasteiger partial charge in [-0.2, -0.15) is 5.10 Å². The molecule has 1 unspecified atom stereocenters. The fourth-order valence-electron chi connectivity index (χ4n) is 3.15. The zero-order valence-electron chi connectivity index (χ0n) is 13.8. The molecule has 3 heterocycles. The minimum atomic E-state index is -0.525. The van der Waals surface area contributed by atoms with Crippen molar-refractivity contribution in [3.05, 3.63) is 18.5 Å². The molecular formula is C16H25BrN4O3. The van der Waals surface area contributed by atoms with Crippen LogP contribution in [0.1, 0.15) is 25.7 Å². The van der Waals surface area contributed by atoms with Crippen LogP contribution in [0, 0.1) is 0 Å². The summed E-state index contributed by atoms with van der Waals surface area (Å²) < 4.78 is 7.24. The quantitative estimate of drug-likeness (QED) is 0.761. The normalized spacial score (nSPS) is 21.8. The summed E-state index contributed by atoms with van der Waals surface area (Å²) in [5.74, 6) is 0.00848. The largest absolute Gasteiger partial charge is 0.365 e. The molecule has 1 atom stereocenters. The van der Waals surface area contributed by atoms with Gasteiger partial charge in [-0.05, 0) is 18.9 Å². The van der Waals surface area contributed by atoms with Gasteiger partial charge in [-0.25, -0.2) is 0 Å². The van der Waals surface area contributed by atoms with Gasteiger partial charge in [-0.15, -0.1) is 17.0 Å². The van der Waals surface area contributed by atoms with E-state index in [-0.39, 0.29) is 35.3 Å². The number of aromatic nitrogens is 2. The Balaban J connectivity index is 0.00000208. The number of rotatable bonds is 3. The zero-order chi connectivity index (χ0) is 16.1. The molecule has 24 heavy (non-hydrogen) atoms. The van der Waals surface area contributed by atoms with E-state index in [0.29, 0.717) is 19.7 Å². The predicted molar refractivity (Wildman–Crippen MR) is 93.9 cm³/mol. The third kappa shape index (κ3) is 4.80. The molecule has 1 aromatic heterocycles. The van der Waals surface area contributed by atoms with Crippen molar-refractivity contribution in [2.45, 2.75) is 38.3 Å². The minimum absolute atomic E-state index is 0. The molecule has 7 nitrogen and oxygen atoms in total. The Hall–Kier alpha value is -1.41. The summed E-state index contributed by atoms with van der Waals surface area (Å²) in [5.41, 5.74) is 0. The van der Waals surface area contributed by atoms with Gasteiger partial charge in [0.2, 0.25) is 5.91 Å². The average molecular weight is 401 g/mol. The number of carbonyl (C=O) groups is 2. The van der Waals surface area contributed by atoms with Crippen LogP contribution in [0.5, 0.6) is 0 Å². The van der Waals surface area contributed by atoms with E-state index in [1.807, 2.05) is 4.90 Å². The van der Waals surface area contributed by atoms with Crippen LogP contribution in [0.4, 0.5) is 0 Å². The summed E-state index contributed by atoms with van der Waals surface area (Å²) >= 11 is 0. The second kappa shape index (κ2) is 9.17. The van der Waals surface area contributed by atoms with Crippen molar-refractivity contribution >= 4 is 28.8 Å². The van der Waals surface area contributed by atoms with E-state index in [1.165, 1.54) is 12.8 Å². The SMILES string of the molecule is Br.O=C(Cn1cccn1)N1CCOC(C(=O)N2CCCCCC2)C1. The molecule has 2 aliphatic rings. The third-order valence-electron chi connectivity index (χ3n) is 4.47. The molecule has 0 bridgehead atoms. The minimum Gasteiger partial charge on any atom is -0.365 e. The van der Waals surface area contributed by atoms with Crippen LogP contribution in [0.25, 0.3) is 0 Å². The van der Waals surface area contributed by atoms with Crippen LogP contribution in [0.2, 0.25) is 0 Å². The van der Waals surface area contributed by atoms with Crippen molar-refractivity contribution in [1.82, 2.24) is 19.6 Å². The van der Waals surface area contributed by atoms with Gasteiger partial charge in [-0.3, -0.25) is 14.3 Å². The molecule has 1 aromatic rings. The van der Waals surface area contributed by atoms with E-state index in [9.17, 15) is 9.59 Å². The van der Waals surface area contributed by atoms with Crippen molar-refractivity contribution in [3.63, 3.8) is 0 Å². The molecular weight excluding hydrogens is 376 g/mol. The number of likely N-dealkylation sites (tertiary alicyclic amines) is 1. The maximum absolute atomic E-state index is 12.6. The first-order chi connectivity index (χ1) is 11.2. The van der Waals surface area contributed by atoms with Gasteiger partial charge in [0.25, 0.3) is 5.91 Å². The lowest BCUT2D eigenvalue weighted by Crippen LogP contribution is -2.53.